The number of nitrogens with zero attached hydrogens (tertiary/aromatic N) is 3. The highest BCUT2D eigenvalue weighted by atomic mass is 16.5. The number of aromatic amines is 1. The predicted molar refractivity (Wildman–Crippen MR) is 98.8 cm³/mol. The maximum absolute atomic E-state index is 5.09. The first-order chi connectivity index (χ1) is 12.2. The minimum atomic E-state index is 0.634. The second-order valence-electron chi connectivity index (χ2n) is 6.02. The molecule has 0 unspecified atom stereocenters. The van der Waals surface area contributed by atoms with Crippen LogP contribution in [0.15, 0.2) is 33.9 Å². The number of nitrogens with one attached hydrogen (secondary N) is 3. The minimum absolute atomic E-state index is 0.634. The van der Waals surface area contributed by atoms with Gasteiger partial charge in [-0.05, 0) is 37.5 Å². The number of hydrogen-bond donors (Lipinski definition) is 3. The summed E-state index contributed by atoms with van der Waals surface area (Å²) in [7, 11) is 1.76. The van der Waals surface area contributed by atoms with Gasteiger partial charge in [-0.25, -0.2) is 0 Å². The van der Waals surface area contributed by atoms with E-state index >= 15 is 0 Å². The van der Waals surface area contributed by atoms with Crippen molar-refractivity contribution in [2.24, 2.45) is 4.99 Å². The summed E-state index contributed by atoms with van der Waals surface area (Å²) >= 11 is 0. The normalized spacial score (nSPS) is 11.9. The monoisotopic (exact) mass is 340 g/mol. The predicted octanol–water partition coefficient (Wildman–Crippen LogP) is 2.12. The number of hydrogen-bond acceptors (Lipinski definition) is 4. The zero-order valence-electron chi connectivity index (χ0n) is 14.9. The van der Waals surface area contributed by atoms with Crippen LogP contribution in [-0.2, 0) is 12.8 Å². The number of aromatic nitrogens is 3. The Kier molecular flexibility index (Phi) is 5.33. The van der Waals surface area contributed by atoms with E-state index in [1.165, 1.54) is 22.0 Å². The topological polar surface area (TPSA) is 91.1 Å². The van der Waals surface area contributed by atoms with E-state index in [1.54, 1.807) is 7.05 Å². The molecule has 132 valence electrons. The first kappa shape index (κ1) is 17.0. The highest BCUT2D eigenvalue weighted by molar-refractivity contribution is 5.84. The molecule has 7 heteroatoms. The van der Waals surface area contributed by atoms with Crippen molar-refractivity contribution in [2.45, 2.75) is 26.7 Å². The van der Waals surface area contributed by atoms with Gasteiger partial charge in [0.25, 0.3) is 0 Å². The fourth-order valence-corrected chi connectivity index (χ4v) is 2.77. The van der Waals surface area contributed by atoms with Crippen LogP contribution in [0.25, 0.3) is 10.9 Å². The summed E-state index contributed by atoms with van der Waals surface area (Å²) in [4.78, 5) is 11.8. The summed E-state index contributed by atoms with van der Waals surface area (Å²) in [5, 5.41) is 11.6. The number of guanidine groups is 1. The van der Waals surface area contributed by atoms with E-state index < -0.39 is 0 Å². The van der Waals surface area contributed by atoms with Gasteiger partial charge < -0.3 is 20.1 Å². The Labute approximate surface area is 146 Å². The lowest BCUT2D eigenvalue weighted by Crippen LogP contribution is -2.39. The molecule has 3 N–H and O–H groups in total. The lowest BCUT2D eigenvalue weighted by atomic mass is 10.1. The molecule has 0 aliphatic carbocycles. The molecule has 0 radical (unpaired) electrons. The summed E-state index contributed by atoms with van der Waals surface area (Å²) in [6.07, 6.45) is 3.68. The Bertz CT molecular complexity index is 863. The molecule has 0 bridgehead atoms. The third-order valence-corrected chi connectivity index (χ3v) is 4.03. The lowest BCUT2D eigenvalue weighted by molar-refractivity contribution is 0.374. The maximum Gasteiger partial charge on any atom is 0.228 e. The van der Waals surface area contributed by atoms with Gasteiger partial charge in [0.05, 0.1) is 0 Å². The van der Waals surface area contributed by atoms with Gasteiger partial charge in [-0.15, -0.1) is 0 Å². The van der Waals surface area contributed by atoms with Crippen LogP contribution in [0.4, 0.5) is 0 Å². The van der Waals surface area contributed by atoms with Crippen molar-refractivity contribution in [1.29, 1.82) is 0 Å². The van der Waals surface area contributed by atoms with Crippen LogP contribution in [0, 0.1) is 13.8 Å². The van der Waals surface area contributed by atoms with Crippen molar-refractivity contribution in [3.8, 4) is 0 Å². The van der Waals surface area contributed by atoms with Gasteiger partial charge in [0.15, 0.2) is 11.8 Å². The standard InChI is InChI=1S/C18H24N6O/c1-12-4-5-15-14(11-22-16(15)10-12)6-8-20-18(19-3)21-9-7-17-23-13(2)24-25-17/h4-5,10-11,22H,6-9H2,1-3H3,(H2,19,20,21). The lowest BCUT2D eigenvalue weighted by Gasteiger charge is -2.10. The number of rotatable bonds is 6. The number of fused-ring (bicyclic) bond motifs is 1. The van der Waals surface area contributed by atoms with Crippen molar-refractivity contribution >= 4 is 16.9 Å². The minimum Gasteiger partial charge on any atom is -0.361 e. The van der Waals surface area contributed by atoms with Gasteiger partial charge >= 0.3 is 0 Å². The van der Waals surface area contributed by atoms with Crippen molar-refractivity contribution in [1.82, 2.24) is 25.8 Å². The van der Waals surface area contributed by atoms with Crippen LogP contribution in [0.2, 0.25) is 0 Å². The highest BCUT2D eigenvalue weighted by Gasteiger charge is 2.05. The van der Waals surface area contributed by atoms with Crippen LogP contribution in [-0.4, -0.2) is 41.2 Å². The summed E-state index contributed by atoms with van der Waals surface area (Å²) in [6, 6.07) is 6.49. The smallest absolute Gasteiger partial charge is 0.228 e. The average Bonchev–Trinajstić information content (AvgIpc) is 3.19. The van der Waals surface area contributed by atoms with Gasteiger partial charge in [-0.3, -0.25) is 4.99 Å². The Hall–Kier alpha value is -2.83. The molecule has 0 fully saturated rings. The molecule has 0 atom stereocenters. The van der Waals surface area contributed by atoms with Gasteiger partial charge in [0.2, 0.25) is 5.89 Å². The molecule has 25 heavy (non-hydrogen) atoms. The van der Waals surface area contributed by atoms with E-state index in [0.717, 1.165) is 18.9 Å². The van der Waals surface area contributed by atoms with Crippen LogP contribution < -0.4 is 10.6 Å². The van der Waals surface area contributed by atoms with Gasteiger partial charge in [-0.2, -0.15) is 4.98 Å². The largest absolute Gasteiger partial charge is 0.361 e. The van der Waals surface area contributed by atoms with Gasteiger partial charge in [-0.1, -0.05) is 17.3 Å². The van der Waals surface area contributed by atoms with E-state index in [1.807, 2.05) is 6.92 Å². The quantitative estimate of drug-likeness (QED) is 0.472. The van der Waals surface area contributed by atoms with E-state index in [-0.39, 0.29) is 0 Å². The van der Waals surface area contributed by atoms with E-state index in [4.69, 9.17) is 4.52 Å². The molecule has 0 amide bonds. The molecule has 0 saturated carbocycles. The Morgan fingerprint density at radius 2 is 2.00 bits per heavy atom. The summed E-state index contributed by atoms with van der Waals surface area (Å²) < 4.78 is 5.09. The number of H-pyrrole nitrogens is 1. The molecule has 0 spiro atoms. The molecular weight excluding hydrogens is 316 g/mol. The molecule has 3 aromatic rings. The van der Waals surface area contributed by atoms with Crippen LogP contribution in [0.3, 0.4) is 0 Å². The molecular formula is C18H24N6O. The summed E-state index contributed by atoms with van der Waals surface area (Å²) in [5.74, 6) is 2.06. The third-order valence-electron chi connectivity index (χ3n) is 4.03. The SMILES string of the molecule is CN=C(NCCc1nc(C)no1)NCCc1c[nH]c2cc(C)ccc12. The van der Waals surface area contributed by atoms with Crippen molar-refractivity contribution in [2.75, 3.05) is 20.1 Å². The maximum atomic E-state index is 5.09. The van der Waals surface area contributed by atoms with Crippen molar-refractivity contribution < 1.29 is 4.52 Å². The average molecular weight is 340 g/mol. The molecule has 0 aliphatic rings. The molecule has 3 rings (SSSR count). The summed E-state index contributed by atoms with van der Waals surface area (Å²) in [6.45, 7) is 5.41. The number of aryl methyl sites for hydroxylation is 2. The fraction of sp³-hybridized carbons (Fsp3) is 0.389. The molecule has 7 nitrogen and oxygen atoms in total. The Morgan fingerprint density at radius 1 is 1.20 bits per heavy atom. The second kappa shape index (κ2) is 7.83. The zero-order chi connectivity index (χ0) is 17.6. The molecule has 0 saturated heterocycles. The molecule has 1 aromatic carbocycles. The van der Waals surface area contributed by atoms with E-state index in [2.05, 4.69) is 62.1 Å². The van der Waals surface area contributed by atoms with Crippen molar-refractivity contribution in [3.05, 3.63) is 47.2 Å². The second-order valence-corrected chi connectivity index (χ2v) is 6.02. The van der Waals surface area contributed by atoms with Crippen LogP contribution >= 0.6 is 0 Å². The van der Waals surface area contributed by atoms with E-state index in [9.17, 15) is 0 Å². The molecule has 0 aliphatic heterocycles. The first-order valence-electron chi connectivity index (χ1n) is 8.46. The summed E-state index contributed by atoms with van der Waals surface area (Å²) in [5.41, 5.74) is 3.76. The van der Waals surface area contributed by atoms with Crippen molar-refractivity contribution in [3.63, 3.8) is 0 Å². The fourth-order valence-electron chi connectivity index (χ4n) is 2.77. The van der Waals surface area contributed by atoms with Crippen LogP contribution in [0.5, 0.6) is 0 Å². The Morgan fingerprint density at radius 3 is 2.72 bits per heavy atom. The zero-order valence-corrected chi connectivity index (χ0v) is 14.9. The first-order valence-corrected chi connectivity index (χ1v) is 8.46. The third kappa shape index (κ3) is 4.37. The number of benzene rings is 1. The van der Waals surface area contributed by atoms with Gasteiger partial charge in [0, 0.05) is 43.7 Å². The van der Waals surface area contributed by atoms with Gasteiger partial charge in [0.1, 0.15) is 0 Å². The number of aliphatic imine (C=N–C) groups is 1. The van der Waals surface area contributed by atoms with E-state index in [0.29, 0.717) is 24.7 Å². The molecule has 2 aromatic heterocycles. The van der Waals surface area contributed by atoms with Crippen LogP contribution in [0.1, 0.15) is 22.8 Å². The Balaban J connectivity index is 1.46. The highest BCUT2D eigenvalue weighted by Crippen LogP contribution is 2.19. The molecule has 2 heterocycles.